The van der Waals surface area contributed by atoms with E-state index in [0.29, 0.717) is 22.2 Å². The van der Waals surface area contributed by atoms with Crippen molar-refractivity contribution in [3.8, 4) is 0 Å². The molecule has 0 bridgehead atoms. The Hall–Kier alpha value is -3.39. The second-order valence-electron chi connectivity index (χ2n) is 9.13. The summed E-state index contributed by atoms with van der Waals surface area (Å²) in [5.41, 5.74) is 2.73. The van der Waals surface area contributed by atoms with E-state index in [2.05, 4.69) is 9.97 Å². The van der Waals surface area contributed by atoms with Crippen molar-refractivity contribution in [3.63, 3.8) is 0 Å². The Morgan fingerprint density at radius 1 is 1.00 bits per heavy atom. The number of ether oxygens (including phenoxy) is 1. The number of pyridine rings is 2. The highest BCUT2D eigenvalue weighted by molar-refractivity contribution is 6.38. The van der Waals surface area contributed by atoms with E-state index in [1.54, 1.807) is 58.7 Å². The van der Waals surface area contributed by atoms with Crippen LogP contribution in [0.4, 0.5) is 5.69 Å². The van der Waals surface area contributed by atoms with E-state index in [-0.39, 0.29) is 11.1 Å². The third-order valence-corrected chi connectivity index (χ3v) is 7.86. The van der Waals surface area contributed by atoms with Crippen LogP contribution in [0.1, 0.15) is 29.8 Å². The number of hydrogen-bond donors (Lipinski definition) is 0. The Kier molecular flexibility index (Phi) is 5.75. The first-order valence-corrected chi connectivity index (χ1v) is 12.7. The highest BCUT2D eigenvalue weighted by atomic mass is 35.5. The lowest BCUT2D eigenvalue weighted by Gasteiger charge is -2.56. The second kappa shape index (κ2) is 8.87. The third-order valence-electron chi connectivity index (χ3n) is 6.71. The number of halogens is 3. The van der Waals surface area contributed by atoms with Gasteiger partial charge in [-0.2, -0.15) is 0 Å². The van der Waals surface area contributed by atoms with Gasteiger partial charge in [-0.1, -0.05) is 34.8 Å². The van der Waals surface area contributed by atoms with Crippen molar-refractivity contribution in [3.05, 3.63) is 99.9 Å². The second-order valence-corrected chi connectivity index (χ2v) is 10.4. The maximum Gasteiger partial charge on any atom is 0.251 e. The molecule has 0 aliphatic carbocycles. The quantitative estimate of drug-likeness (QED) is 0.169. The van der Waals surface area contributed by atoms with Crippen molar-refractivity contribution >= 4 is 63.2 Å². The number of hydrazone groups is 1. The van der Waals surface area contributed by atoms with Crippen molar-refractivity contribution < 1.29 is 9.53 Å². The number of alkyl halides is 1. The Morgan fingerprint density at radius 3 is 2.46 bits per heavy atom. The SMILES string of the molecule is Cc1ccc2nc(Cl)c(C3OC(c4ccncc4)=NN3C3(C)C(Cl)C(=O)N3c3ccc(Cl)cc3)cc2c1. The molecule has 1 amide bonds. The first kappa shape index (κ1) is 24.0. The molecular weight excluding hydrogens is 533 g/mol. The lowest BCUT2D eigenvalue weighted by atomic mass is 9.91. The number of hydrogen-bond acceptors (Lipinski definition) is 6. The van der Waals surface area contributed by atoms with Crippen LogP contribution in [0.2, 0.25) is 10.2 Å². The van der Waals surface area contributed by atoms with Crippen molar-refractivity contribution in [2.24, 2.45) is 5.10 Å². The Labute approximate surface area is 228 Å². The van der Waals surface area contributed by atoms with Gasteiger partial charge in [0.1, 0.15) is 5.15 Å². The van der Waals surface area contributed by atoms with Crippen LogP contribution in [0.3, 0.4) is 0 Å². The van der Waals surface area contributed by atoms with Gasteiger partial charge in [-0.25, -0.2) is 9.99 Å². The highest BCUT2D eigenvalue weighted by Gasteiger charge is 2.64. The summed E-state index contributed by atoms with van der Waals surface area (Å²) in [6.45, 7) is 3.86. The standard InChI is InChI=1S/C27H20Cl3N5O2/c1-15-3-8-21-17(13-15)14-20(23(30)32-21)26-35(33-24(37-26)16-9-11-31-12-10-16)27(2)22(29)25(36)34(27)19-6-4-18(28)5-7-19/h3-14,22,26H,1-2H3. The van der Waals surface area contributed by atoms with Gasteiger partial charge in [-0.3, -0.25) is 14.7 Å². The zero-order valence-electron chi connectivity index (χ0n) is 19.8. The molecular formula is C27H20Cl3N5O2. The van der Waals surface area contributed by atoms with Crippen LogP contribution in [0.15, 0.2) is 78.2 Å². The predicted octanol–water partition coefficient (Wildman–Crippen LogP) is 6.31. The van der Waals surface area contributed by atoms with E-state index in [1.807, 2.05) is 38.1 Å². The average Bonchev–Trinajstić information content (AvgIpc) is 3.35. The molecule has 186 valence electrons. The predicted molar refractivity (Wildman–Crippen MR) is 145 cm³/mol. The van der Waals surface area contributed by atoms with Gasteiger partial charge in [0.2, 0.25) is 12.1 Å². The average molecular weight is 553 g/mol. The van der Waals surface area contributed by atoms with Crippen LogP contribution < -0.4 is 4.90 Å². The lowest BCUT2D eigenvalue weighted by Crippen LogP contribution is -2.77. The fraction of sp³-hybridized carbons (Fsp3) is 0.185. The van der Waals surface area contributed by atoms with E-state index in [4.69, 9.17) is 44.6 Å². The zero-order valence-corrected chi connectivity index (χ0v) is 22.0. The van der Waals surface area contributed by atoms with Gasteiger partial charge in [0.25, 0.3) is 5.91 Å². The lowest BCUT2D eigenvalue weighted by molar-refractivity contribution is -0.138. The molecule has 2 aromatic heterocycles. The first-order chi connectivity index (χ1) is 17.8. The number of amides is 1. The molecule has 0 N–H and O–H groups in total. The number of nitrogens with zero attached hydrogens (tertiary/aromatic N) is 5. The number of rotatable bonds is 4. The van der Waals surface area contributed by atoms with Crippen molar-refractivity contribution in [2.45, 2.75) is 31.1 Å². The molecule has 4 heterocycles. The fourth-order valence-electron chi connectivity index (χ4n) is 4.76. The van der Waals surface area contributed by atoms with Gasteiger partial charge in [-0.05, 0) is 68.4 Å². The van der Waals surface area contributed by atoms with Gasteiger partial charge < -0.3 is 4.74 Å². The number of carbonyl (C=O) groups is 1. The molecule has 10 heteroatoms. The minimum absolute atomic E-state index is 0.254. The minimum Gasteiger partial charge on any atom is -0.446 e. The van der Waals surface area contributed by atoms with Gasteiger partial charge in [0, 0.05) is 34.1 Å². The van der Waals surface area contributed by atoms with E-state index in [1.165, 1.54) is 0 Å². The van der Waals surface area contributed by atoms with Gasteiger partial charge >= 0.3 is 0 Å². The summed E-state index contributed by atoms with van der Waals surface area (Å²) in [4.78, 5) is 23.4. The number of aromatic nitrogens is 2. The topological polar surface area (TPSA) is 70.9 Å². The maximum atomic E-state index is 13.1. The van der Waals surface area contributed by atoms with Crippen LogP contribution in [0, 0.1) is 6.92 Å². The number of β-lactam (4-membered cyclic amide) rings is 1. The molecule has 37 heavy (non-hydrogen) atoms. The molecule has 6 rings (SSSR count). The Morgan fingerprint density at radius 2 is 1.73 bits per heavy atom. The summed E-state index contributed by atoms with van der Waals surface area (Å²) in [5, 5.41) is 7.38. The van der Waals surface area contributed by atoms with Crippen molar-refractivity contribution in [2.75, 3.05) is 4.90 Å². The zero-order chi connectivity index (χ0) is 25.9. The molecule has 3 unspecified atom stereocenters. The van der Waals surface area contributed by atoms with E-state index >= 15 is 0 Å². The van der Waals surface area contributed by atoms with E-state index < -0.39 is 17.3 Å². The summed E-state index contributed by atoms with van der Waals surface area (Å²) < 4.78 is 6.42. The fourth-order valence-corrected chi connectivity index (χ4v) is 5.42. The molecule has 7 nitrogen and oxygen atoms in total. The minimum atomic E-state index is -1.09. The number of benzene rings is 2. The molecule has 1 saturated heterocycles. The van der Waals surface area contributed by atoms with Gasteiger partial charge in [0.15, 0.2) is 11.0 Å². The van der Waals surface area contributed by atoms with E-state index in [0.717, 1.165) is 22.0 Å². The summed E-state index contributed by atoms with van der Waals surface area (Å²) in [7, 11) is 0. The Bertz CT molecular complexity index is 1560. The summed E-state index contributed by atoms with van der Waals surface area (Å²) in [6, 6.07) is 18.5. The maximum absolute atomic E-state index is 13.1. The third kappa shape index (κ3) is 3.81. The first-order valence-electron chi connectivity index (χ1n) is 11.5. The number of carbonyl (C=O) groups excluding carboxylic acids is 1. The van der Waals surface area contributed by atoms with Crippen molar-refractivity contribution in [1.82, 2.24) is 15.0 Å². The molecule has 0 spiro atoms. The number of anilines is 1. The number of aryl methyl sites for hydroxylation is 1. The molecule has 2 aliphatic rings. The van der Waals surface area contributed by atoms with Crippen LogP contribution in [-0.4, -0.2) is 37.8 Å². The van der Waals surface area contributed by atoms with Crippen LogP contribution >= 0.6 is 34.8 Å². The number of fused-ring (bicyclic) bond motifs is 1. The van der Waals surface area contributed by atoms with Crippen LogP contribution in [0.5, 0.6) is 0 Å². The highest BCUT2D eigenvalue weighted by Crippen LogP contribution is 2.49. The molecule has 4 aromatic rings. The van der Waals surface area contributed by atoms with E-state index in [9.17, 15) is 4.79 Å². The van der Waals surface area contributed by atoms with Gasteiger partial charge in [-0.15, -0.1) is 16.7 Å². The largest absolute Gasteiger partial charge is 0.446 e. The molecule has 1 fully saturated rings. The smallest absolute Gasteiger partial charge is 0.251 e. The summed E-state index contributed by atoms with van der Waals surface area (Å²) in [6.07, 6.45) is 2.51. The van der Waals surface area contributed by atoms with Crippen LogP contribution in [0.25, 0.3) is 10.9 Å². The molecule has 0 radical (unpaired) electrons. The van der Waals surface area contributed by atoms with Gasteiger partial charge in [0.05, 0.1) is 11.1 Å². The summed E-state index contributed by atoms with van der Waals surface area (Å²) in [5.74, 6) is 0.101. The summed E-state index contributed by atoms with van der Waals surface area (Å²) >= 11 is 19.5. The molecule has 2 aromatic carbocycles. The van der Waals surface area contributed by atoms with Crippen molar-refractivity contribution in [1.29, 1.82) is 0 Å². The normalized spacial score (nSPS) is 23.2. The molecule has 0 saturated carbocycles. The monoisotopic (exact) mass is 551 g/mol. The molecule has 3 atom stereocenters. The molecule has 2 aliphatic heterocycles. The van der Waals surface area contributed by atoms with Crippen LogP contribution in [-0.2, 0) is 9.53 Å². The Balaban J connectivity index is 1.50.